The molecule has 2 nitrogen and oxygen atoms in total. The molecule has 0 aromatic heterocycles. The van der Waals surface area contributed by atoms with Crippen LogP contribution in [0.25, 0.3) is 0 Å². The zero-order valence-electron chi connectivity index (χ0n) is 9.38. The summed E-state index contributed by atoms with van der Waals surface area (Å²) in [4.78, 5) is 2.33. The van der Waals surface area contributed by atoms with Gasteiger partial charge in [-0.2, -0.15) is 0 Å². The topological polar surface area (TPSA) is 29.3 Å². The fourth-order valence-corrected chi connectivity index (χ4v) is 1.75. The van der Waals surface area contributed by atoms with Gasteiger partial charge in [0.05, 0.1) is 0 Å². The molecule has 78 valence electrons. The van der Waals surface area contributed by atoms with Gasteiger partial charge in [-0.05, 0) is 32.4 Å². The molecule has 0 atom stereocenters. The van der Waals surface area contributed by atoms with Gasteiger partial charge in [-0.1, -0.05) is 17.7 Å². The van der Waals surface area contributed by atoms with Gasteiger partial charge in [-0.3, -0.25) is 0 Å². The molecule has 0 aliphatic carbocycles. The Balaban J connectivity index is 3.06. The van der Waals surface area contributed by atoms with E-state index in [1.165, 1.54) is 16.8 Å². The molecule has 14 heavy (non-hydrogen) atoms. The van der Waals surface area contributed by atoms with Crippen LogP contribution < -0.4 is 10.6 Å². The van der Waals surface area contributed by atoms with Crippen LogP contribution in [0.5, 0.6) is 0 Å². The Kier molecular flexibility index (Phi) is 3.96. The van der Waals surface area contributed by atoms with Crippen molar-refractivity contribution in [2.75, 3.05) is 18.0 Å². The summed E-state index contributed by atoms with van der Waals surface area (Å²) in [5.41, 5.74) is 9.54. The lowest BCUT2D eigenvalue weighted by atomic mass is 10.1. The Bertz CT molecular complexity index is 290. The van der Waals surface area contributed by atoms with Crippen molar-refractivity contribution in [1.29, 1.82) is 0 Å². The molecule has 0 fully saturated rings. The van der Waals surface area contributed by atoms with Crippen LogP contribution in [-0.2, 0) is 6.54 Å². The molecule has 0 heterocycles. The van der Waals surface area contributed by atoms with Crippen molar-refractivity contribution in [1.82, 2.24) is 0 Å². The van der Waals surface area contributed by atoms with Gasteiger partial charge in [-0.15, -0.1) is 0 Å². The second-order valence-corrected chi connectivity index (χ2v) is 3.51. The van der Waals surface area contributed by atoms with Crippen LogP contribution in [0.15, 0.2) is 18.2 Å². The van der Waals surface area contributed by atoms with Crippen molar-refractivity contribution in [2.45, 2.75) is 27.3 Å². The van der Waals surface area contributed by atoms with Crippen molar-refractivity contribution in [3.05, 3.63) is 29.3 Å². The first kappa shape index (κ1) is 11.1. The quantitative estimate of drug-likeness (QED) is 0.793. The van der Waals surface area contributed by atoms with E-state index in [9.17, 15) is 0 Å². The molecule has 0 saturated heterocycles. The van der Waals surface area contributed by atoms with Gasteiger partial charge in [-0.25, -0.2) is 0 Å². The number of rotatable bonds is 4. The van der Waals surface area contributed by atoms with Crippen molar-refractivity contribution in [3.63, 3.8) is 0 Å². The molecule has 0 unspecified atom stereocenters. The molecule has 0 radical (unpaired) electrons. The highest BCUT2D eigenvalue weighted by Crippen LogP contribution is 2.21. The number of hydrogen-bond donors (Lipinski definition) is 1. The Morgan fingerprint density at radius 1 is 1.21 bits per heavy atom. The molecule has 0 aliphatic heterocycles. The summed E-state index contributed by atoms with van der Waals surface area (Å²) in [6.45, 7) is 9.13. The Hall–Kier alpha value is -1.02. The lowest BCUT2D eigenvalue weighted by Crippen LogP contribution is -2.23. The van der Waals surface area contributed by atoms with E-state index in [0.29, 0.717) is 6.54 Å². The van der Waals surface area contributed by atoms with Crippen molar-refractivity contribution in [3.8, 4) is 0 Å². The van der Waals surface area contributed by atoms with Crippen LogP contribution in [-0.4, -0.2) is 13.1 Å². The summed E-state index contributed by atoms with van der Waals surface area (Å²) >= 11 is 0. The first-order chi connectivity index (χ1) is 6.72. The maximum atomic E-state index is 5.74. The lowest BCUT2D eigenvalue weighted by Gasteiger charge is -2.24. The fourth-order valence-electron chi connectivity index (χ4n) is 1.75. The minimum atomic E-state index is 0.619. The molecule has 0 aliphatic rings. The molecular formula is C12H20N2. The maximum Gasteiger partial charge on any atom is 0.0411 e. The van der Waals surface area contributed by atoms with Gasteiger partial charge in [0.15, 0.2) is 0 Å². The van der Waals surface area contributed by atoms with Crippen molar-refractivity contribution < 1.29 is 0 Å². The first-order valence-corrected chi connectivity index (χ1v) is 5.27. The predicted octanol–water partition coefficient (Wildman–Crippen LogP) is 2.30. The van der Waals surface area contributed by atoms with Gasteiger partial charge in [0.2, 0.25) is 0 Å². The number of nitrogens with two attached hydrogens (primary N) is 1. The number of nitrogens with zero attached hydrogens (tertiary/aromatic N) is 1. The minimum absolute atomic E-state index is 0.619. The van der Waals surface area contributed by atoms with Gasteiger partial charge in [0.25, 0.3) is 0 Å². The number of benzene rings is 1. The third-order valence-corrected chi connectivity index (χ3v) is 2.56. The number of aryl methyl sites for hydroxylation is 1. The highest BCUT2D eigenvalue weighted by Gasteiger charge is 2.06. The minimum Gasteiger partial charge on any atom is -0.372 e. The van der Waals surface area contributed by atoms with Crippen molar-refractivity contribution >= 4 is 5.69 Å². The standard InChI is InChI=1S/C12H20N2/c1-4-14(5-2)12-7-6-10(3)8-11(12)9-13/h6-8H,4-5,9,13H2,1-3H3. The summed E-state index contributed by atoms with van der Waals surface area (Å²) < 4.78 is 0. The molecule has 2 N–H and O–H groups in total. The van der Waals surface area contributed by atoms with Crippen LogP contribution in [0.1, 0.15) is 25.0 Å². The summed E-state index contributed by atoms with van der Waals surface area (Å²) in [7, 11) is 0. The molecule has 0 spiro atoms. The SMILES string of the molecule is CCN(CC)c1ccc(C)cc1CN. The van der Waals surface area contributed by atoms with E-state index in [4.69, 9.17) is 5.73 Å². The molecule has 0 amide bonds. The zero-order valence-corrected chi connectivity index (χ0v) is 9.38. The van der Waals surface area contributed by atoms with Crippen LogP contribution in [0, 0.1) is 6.92 Å². The highest BCUT2D eigenvalue weighted by atomic mass is 15.1. The monoisotopic (exact) mass is 192 g/mol. The second-order valence-electron chi connectivity index (χ2n) is 3.51. The summed E-state index contributed by atoms with van der Waals surface area (Å²) in [6, 6.07) is 6.49. The van der Waals surface area contributed by atoms with E-state index in [-0.39, 0.29) is 0 Å². The van der Waals surface area contributed by atoms with Gasteiger partial charge in [0.1, 0.15) is 0 Å². The average Bonchev–Trinajstić information content (AvgIpc) is 2.21. The molecule has 0 bridgehead atoms. The average molecular weight is 192 g/mol. The lowest BCUT2D eigenvalue weighted by molar-refractivity contribution is 0.853. The van der Waals surface area contributed by atoms with E-state index >= 15 is 0 Å². The van der Waals surface area contributed by atoms with E-state index in [1.54, 1.807) is 0 Å². The zero-order chi connectivity index (χ0) is 10.6. The fraction of sp³-hybridized carbons (Fsp3) is 0.500. The maximum absolute atomic E-state index is 5.74. The Labute approximate surface area is 86.7 Å². The second kappa shape index (κ2) is 5.01. The number of hydrogen-bond acceptors (Lipinski definition) is 2. The largest absolute Gasteiger partial charge is 0.372 e. The molecular weight excluding hydrogens is 172 g/mol. The third kappa shape index (κ3) is 2.26. The molecule has 1 aromatic rings. The predicted molar refractivity (Wildman–Crippen MR) is 62.6 cm³/mol. The van der Waals surface area contributed by atoms with Gasteiger partial charge >= 0.3 is 0 Å². The summed E-state index contributed by atoms with van der Waals surface area (Å²) in [5, 5.41) is 0. The molecule has 1 rings (SSSR count). The molecule has 2 heteroatoms. The normalized spacial score (nSPS) is 10.3. The van der Waals surface area contributed by atoms with E-state index in [1.807, 2.05) is 0 Å². The van der Waals surface area contributed by atoms with E-state index in [2.05, 4.69) is 43.9 Å². The van der Waals surface area contributed by atoms with Gasteiger partial charge in [0, 0.05) is 25.3 Å². The van der Waals surface area contributed by atoms with Crippen molar-refractivity contribution in [2.24, 2.45) is 5.73 Å². The molecule has 0 saturated carbocycles. The van der Waals surface area contributed by atoms with E-state index < -0.39 is 0 Å². The number of anilines is 1. The Morgan fingerprint density at radius 2 is 1.86 bits per heavy atom. The first-order valence-electron chi connectivity index (χ1n) is 5.27. The molecule has 1 aromatic carbocycles. The third-order valence-electron chi connectivity index (χ3n) is 2.56. The van der Waals surface area contributed by atoms with Crippen LogP contribution in [0.2, 0.25) is 0 Å². The van der Waals surface area contributed by atoms with E-state index in [0.717, 1.165) is 13.1 Å². The summed E-state index contributed by atoms with van der Waals surface area (Å²) in [5.74, 6) is 0. The summed E-state index contributed by atoms with van der Waals surface area (Å²) in [6.07, 6.45) is 0. The highest BCUT2D eigenvalue weighted by molar-refractivity contribution is 5.54. The van der Waals surface area contributed by atoms with Crippen LogP contribution in [0.3, 0.4) is 0 Å². The van der Waals surface area contributed by atoms with Crippen LogP contribution in [0.4, 0.5) is 5.69 Å². The van der Waals surface area contributed by atoms with Gasteiger partial charge < -0.3 is 10.6 Å². The van der Waals surface area contributed by atoms with Crippen LogP contribution >= 0.6 is 0 Å². The Morgan fingerprint density at radius 3 is 2.36 bits per heavy atom. The smallest absolute Gasteiger partial charge is 0.0411 e.